The Morgan fingerprint density at radius 2 is 2.06 bits per heavy atom. The lowest BCUT2D eigenvalue weighted by Gasteiger charge is -2.36. The van der Waals surface area contributed by atoms with Gasteiger partial charge in [0.15, 0.2) is 0 Å². The number of rotatable bonds is 2. The summed E-state index contributed by atoms with van der Waals surface area (Å²) in [7, 11) is 0. The maximum absolute atomic E-state index is 11.6. The molecule has 0 aromatic rings. The van der Waals surface area contributed by atoms with Gasteiger partial charge in [0.2, 0.25) is 0 Å². The largest absolute Gasteiger partial charge is 0.444 e. The highest BCUT2D eigenvalue weighted by atomic mass is 16.6. The van der Waals surface area contributed by atoms with Gasteiger partial charge in [0, 0.05) is 11.6 Å². The summed E-state index contributed by atoms with van der Waals surface area (Å²) < 4.78 is 5.21. The summed E-state index contributed by atoms with van der Waals surface area (Å²) in [6.45, 7) is 5.52. The first-order chi connectivity index (χ1) is 8.24. The Kier molecular flexibility index (Phi) is 4.58. The van der Waals surface area contributed by atoms with Crippen molar-refractivity contribution in [3.05, 3.63) is 0 Å². The smallest absolute Gasteiger partial charge is 0.407 e. The van der Waals surface area contributed by atoms with Gasteiger partial charge in [-0.05, 0) is 46.5 Å². The first-order valence-corrected chi connectivity index (χ1v) is 6.39. The molecular formula is C13H23N3O2. The molecule has 18 heavy (non-hydrogen) atoms. The molecule has 102 valence electrons. The SMILES string of the molecule is CC(C)(C)OC(=O)NC1CCC(N)(CC#N)CC1. The number of hydrogen-bond donors (Lipinski definition) is 2. The molecule has 5 heteroatoms. The Balaban J connectivity index is 2.36. The number of nitriles is 1. The highest BCUT2D eigenvalue weighted by Gasteiger charge is 2.32. The fraction of sp³-hybridized carbons (Fsp3) is 0.846. The summed E-state index contributed by atoms with van der Waals surface area (Å²) in [6.07, 6.45) is 3.14. The van der Waals surface area contributed by atoms with Crippen LogP contribution < -0.4 is 11.1 Å². The lowest BCUT2D eigenvalue weighted by atomic mass is 9.78. The third-order valence-corrected chi connectivity index (χ3v) is 3.13. The van der Waals surface area contributed by atoms with E-state index in [-0.39, 0.29) is 17.7 Å². The van der Waals surface area contributed by atoms with E-state index < -0.39 is 5.60 Å². The third kappa shape index (κ3) is 4.92. The first-order valence-electron chi connectivity index (χ1n) is 6.39. The molecule has 0 spiro atoms. The molecule has 0 radical (unpaired) electrons. The van der Waals surface area contributed by atoms with Crippen LogP contribution in [-0.4, -0.2) is 23.3 Å². The molecule has 0 atom stereocenters. The standard InChI is InChI=1S/C13H23N3O2/c1-12(2,3)18-11(17)16-10-4-6-13(15,7-5-10)8-9-14/h10H,4-8,15H2,1-3H3,(H,16,17). The quantitative estimate of drug-likeness (QED) is 0.788. The van der Waals surface area contributed by atoms with E-state index in [4.69, 9.17) is 15.7 Å². The molecule has 1 fully saturated rings. The molecule has 1 aliphatic rings. The number of nitrogens with one attached hydrogen (secondary N) is 1. The van der Waals surface area contributed by atoms with Crippen LogP contribution in [0.15, 0.2) is 0 Å². The van der Waals surface area contributed by atoms with E-state index in [0.717, 1.165) is 25.7 Å². The molecular weight excluding hydrogens is 230 g/mol. The van der Waals surface area contributed by atoms with Crippen molar-refractivity contribution in [2.75, 3.05) is 0 Å². The highest BCUT2D eigenvalue weighted by Crippen LogP contribution is 2.28. The van der Waals surface area contributed by atoms with E-state index in [9.17, 15) is 4.79 Å². The maximum atomic E-state index is 11.6. The minimum atomic E-state index is -0.475. The fourth-order valence-corrected chi connectivity index (χ4v) is 2.15. The summed E-state index contributed by atoms with van der Waals surface area (Å²) in [5, 5.41) is 11.6. The van der Waals surface area contributed by atoms with Crippen LogP contribution in [0.4, 0.5) is 4.79 Å². The highest BCUT2D eigenvalue weighted by molar-refractivity contribution is 5.68. The predicted octanol–water partition coefficient (Wildman–Crippen LogP) is 2.06. The molecule has 5 nitrogen and oxygen atoms in total. The van der Waals surface area contributed by atoms with Crippen LogP contribution in [-0.2, 0) is 4.74 Å². The molecule has 1 aliphatic carbocycles. The van der Waals surface area contributed by atoms with Crippen LogP contribution in [0.2, 0.25) is 0 Å². The number of alkyl carbamates (subject to hydrolysis) is 1. The molecule has 0 aliphatic heterocycles. The van der Waals surface area contributed by atoms with Gasteiger partial charge < -0.3 is 15.8 Å². The van der Waals surface area contributed by atoms with Crippen LogP contribution >= 0.6 is 0 Å². The zero-order valence-corrected chi connectivity index (χ0v) is 11.5. The Morgan fingerprint density at radius 3 is 2.50 bits per heavy atom. The average molecular weight is 253 g/mol. The van der Waals surface area contributed by atoms with Gasteiger partial charge in [0.25, 0.3) is 0 Å². The second kappa shape index (κ2) is 5.57. The van der Waals surface area contributed by atoms with E-state index in [1.165, 1.54) is 0 Å². The van der Waals surface area contributed by atoms with Crippen molar-refractivity contribution in [3.8, 4) is 6.07 Å². The monoisotopic (exact) mass is 253 g/mol. The molecule has 0 aromatic heterocycles. The van der Waals surface area contributed by atoms with Crippen LogP contribution in [0.25, 0.3) is 0 Å². The summed E-state index contributed by atoms with van der Waals surface area (Å²) in [5.74, 6) is 0. The summed E-state index contributed by atoms with van der Waals surface area (Å²) in [4.78, 5) is 11.6. The van der Waals surface area contributed by atoms with Gasteiger partial charge in [-0.1, -0.05) is 0 Å². The van der Waals surface area contributed by atoms with Crippen molar-refractivity contribution >= 4 is 6.09 Å². The zero-order valence-electron chi connectivity index (χ0n) is 11.5. The maximum Gasteiger partial charge on any atom is 0.407 e. The predicted molar refractivity (Wildman–Crippen MR) is 68.8 cm³/mol. The molecule has 0 heterocycles. The van der Waals surface area contributed by atoms with Gasteiger partial charge >= 0.3 is 6.09 Å². The summed E-state index contributed by atoms with van der Waals surface area (Å²) in [5.41, 5.74) is 5.25. The molecule has 1 saturated carbocycles. The molecule has 0 unspecified atom stereocenters. The first kappa shape index (κ1) is 14.8. The number of nitrogens with zero attached hydrogens (tertiary/aromatic N) is 1. The summed E-state index contributed by atoms with van der Waals surface area (Å²) >= 11 is 0. The van der Waals surface area contributed by atoms with Crippen molar-refractivity contribution in [2.45, 2.75) is 70.1 Å². The Labute approximate surface area is 109 Å². The molecule has 0 saturated heterocycles. The summed E-state index contributed by atoms with van der Waals surface area (Å²) in [6, 6.07) is 2.23. The molecule has 0 aromatic carbocycles. The molecule has 0 bridgehead atoms. The number of carbonyl (C=O) groups is 1. The van der Waals surface area contributed by atoms with Gasteiger partial charge in [-0.3, -0.25) is 0 Å². The Hall–Kier alpha value is -1.28. The lowest BCUT2D eigenvalue weighted by Crippen LogP contribution is -2.48. The minimum Gasteiger partial charge on any atom is -0.444 e. The Bertz CT molecular complexity index is 333. The van der Waals surface area contributed by atoms with Crippen LogP contribution in [0.3, 0.4) is 0 Å². The van der Waals surface area contributed by atoms with Crippen LogP contribution in [0.1, 0.15) is 52.9 Å². The molecule has 3 N–H and O–H groups in total. The number of carbonyl (C=O) groups excluding carboxylic acids is 1. The van der Waals surface area contributed by atoms with Crippen molar-refractivity contribution in [3.63, 3.8) is 0 Å². The van der Waals surface area contributed by atoms with Crippen molar-refractivity contribution in [1.29, 1.82) is 5.26 Å². The lowest BCUT2D eigenvalue weighted by molar-refractivity contribution is 0.0484. The molecule has 1 amide bonds. The van der Waals surface area contributed by atoms with Gasteiger partial charge in [-0.25, -0.2) is 4.79 Å². The Morgan fingerprint density at radius 1 is 1.50 bits per heavy atom. The van der Waals surface area contributed by atoms with Gasteiger partial charge in [0.05, 0.1) is 12.5 Å². The molecule has 1 rings (SSSR count). The number of amides is 1. The van der Waals surface area contributed by atoms with Crippen LogP contribution in [0.5, 0.6) is 0 Å². The second-order valence-electron chi connectivity index (χ2n) is 6.12. The van der Waals surface area contributed by atoms with E-state index in [1.807, 2.05) is 20.8 Å². The topological polar surface area (TPSA) is 88.1 Å². The second-order valence-corrected chi connectivity index (χ2v) is 6.12. The van der Waals surface area contributed by atoms with E-state index in [1.54, 1.807) is 0 Å². The number of hydrogen-bond acceptors (Lipinski definition) is 4. The van der Waals surface area contributed by atoms with E-state index in [0.29, 0.717) is 6.42 Å². The zero-order chi connectivity index (χ0) is 13.8. The van der Waals surface area contributed by atoms with Gasteiger partial charge in [-0.2, -0.15) is 5.26 Å². The average Bonchev–Trinajstić information content (AvgIpc) is 2.19. The number of nitrogens with two attached hydrogens (primary N) is 1. The third-order valence-electron chi connectivity index (χ3n) is 3.13. The number of ether oxygens (including phenoxy) is 1. The van der Waals surface area contributed by atoms with Crippen molar-refractivity contribution < 1.29 is 9.53 Å². The van der Waals surface area contributed by atoms with Gasteiger partial charge in [-0.15, -0.1) is 0 Å². The van der Waals surface area contributed by atoms with E-state index in [2.05, 4.69) is 11.4 Å². The van der Waals surface area contributed by atoms with Crippen molar-refractivity contribution in [1.82, 2.24) is 5.32 Å². The van der Waals surface area contributed by atoms with E-state index >= 15 is 0 Å². The van der Waals surface area contributed by atoms with Crippen molar-refractivity contribution in [2.24, 2.45) is 5.73 Å². The van der Waals surface area contributed by atoms with Crippen LogP contribution in [0, 0.1) is 11.3 Å². The fourth-order valence-electron chi connectivity index (χ4n) is 2.15. The minimum absolute atomic E-state index is 0.107. The normalized spacial score (nSPS) is 28.3. The van der Waals surface area contributed by atoms with Gasteiger partial charge in [0.1, 0.15) is 5.60 Å².